The highest BCUT2D eigenvalue weighted by Gasteiger charge is 2.13. The Morgan fingerprint density at radius 2 is 2.04 bits per heavy atom. The molecule has 0 saturated heterocycles. The third-order valence-corrected chi connectivity index (χ3v) is 5.94. The molecule has 0 aliphatic rings. The van der Waals surface area contributed by atoms with Crippen LogP contribution in [0.15, 0.2) is 41.6 Å². The number of aromatic nitrogens is 4. The third-order valence-electron chi connectivity index (χ3n) is 3.64. The summed E-state index contributed by atoms with van der Waals surface area (Å²) in [6.07, 6.45) is 0. The van der Waals surface area contributed by atoms with Gasteiger partial charge in [-0.2, -0.15) is 0 Å². The van der Waals surface area contributed by atoms with E-state index in [2.05, 4.69) is 33.8 Å². The first-order chi connectivity index (χ1) is 11.3. The molecule has 1 aromatic carbocycles. The number of nitrogens with zero attached hydrogens (tertiary/aromatic N) is 4. The molecule has 116 valence electrons. The smallest absolute Gasteiger partial charge is 0.211 e. The predicted octanol–water partition coefficient (Wildman–Crippen LogP) is 5.01. The standard InChI is InChI=1S/C16H13ClN4S2/c1-2-21-12-6-4-3-5-11(12)14-15(21)18-16(20-19-14)22-9-10-7-8-13(17)23-10/h3-8H,2,9H2,1H3. The van der Waals surface area contributed by atoms with Crippen LogP contribution in [-0.4, -0.2) is 19.7 Å². The van der Waals surface area contributed by atoms with Crippen LogP contribution in [0, 0.1) is 0 Å². The number of benzene rings is 1. The van der Waals surface area contributed by atoms with E-state index in [4.69, 9.17) is 16.6 Å². The minimum Gasteiger partial charge on any atom is -0.324 e. The van der Waals surface area contributed by atoms with E-state index < -0.39 is 0 Å². The molecule has 23 heavy (non-hydrogen) atoms. The van der Waals surface area contributed by atoms with Crippen LogP contribution in [0.4, 0.5) is 0 Å². The average Bonchev–Trinajstić information content (AvgIpc) is 3.13. The quantitative estimate of drug-likeness (QED) is 0.480. The maximum atomic E-state index is 5.97. The summed E-state index contributed by atoms with van der Waals surface area (Å²) in [6.45, 7) is 2.97. The number of hydrogen-bond donors (Lipinski definition) is 0. The predicted molar refractivity (Wildman–Crippen MR) is 97.4 cm³/mol. The molecule has 4 rings (SSSR count). The first-order valence-corrected chi connectivity index (χ1v) is 9.43. The zero-order chi connectivity index (χ0) is 15.8. The molecule has 0 radical (unpaired) electrons. The van der Waals surface area contributed by atoms with Gasteiger partial charge in [-0.15, -0.1) is 21.5 Å². The molecule has 0 fully saturated rings. The fourth-order valence-corrected chi connectivity index (χ4v) is 4.55. The van der Waals surface area contributed by atoms with Crippen LogP contribution in [-0.2, 0) is 12.3 Å². The third kappa shape index (κ3) is 2.71. The Labute approximate surface area is 146 Å². The first kappa shape index (κ1) is 14.9. The Bertz CT molecular complexity index is 992. The van der Waals surface area contributed by atoms with Crippen LogP contribution in [0.2, 0.25) is 4.34 Å². The van der Waals surface area contributed by atoms with Gasteiger partial charge in [0.15, 0.2) is 5.65 Å². The van der Waals surface area contributed by atoms with Crippen molar-refractivity contribution in [3.05, 3.63) is 45.6 Å². The van der Waals surface area contributed by atoms with E-state index in [-0.39, 0.29) is 0 Å². The molecule has 0 N–H and O–H groups in total. The Kier molecular flexibility index (Phi) is 3.97. The lowest BCUT2D eigenvalue weighted by atomic mass is 10.2. The minimum absolute atomic E-state index is 0.694. The van der Waals surface area contributed by atoms with Crippen LogP contribution in [0.5, 0.6) is 0 Å². The summed E-state index contributed by atoms with van der Waals surface area (Å²) in [7, 11) is 0. The van der Waals surface area contributed by atoms with Gasteiger partial charge in [0.05, 0.1) is 9.85 Å². The number of fused-ring (bicyclic) bond motifs is 3. The molecule has 0 atom stereocenters. The van der Waals surface area contributed by atoms with Gasteiger partial charge in [0.1, 0.15) is 5.52 Å². The van der Waals surface area contributed by atoms with Gasteiger partial charge in [0.25, 0.3) is 0 Å². The summed E-state index contributed by atoms with van der Waals surface area (Å²) >= 11 is 9.14. The number of aryl methyl sites for hydroxylation is 1. The van der Waals surface area contributed by atoms with Gasteiger partial charge in [-0.3, -0.25) is 0 Å². The van der Waals surface area contributed by atoms with Gasteiger partial charge >= 0.3 is 0 Å². The van der Waals surface area contributed by atoms with Gasteiger partial charge in [-0.25, -0.2) is 4.98 Å². The van der Waals surface area contributed by atoms with Crippen LogP contribution < -0.4 is 0 Å². The van der Waals surface area contributed by atoms with E-state index in [1.807, 2.05) is 24.3 Å². The molecule has 4 nitrogen and oxygen atoms in total. The summed E-state index contributed by atoms with van der Waals surface area (Å²) in [5.74, 6) is 0.803. The Morgan fingerprint density at radius 3 is 2.83 bits per heavy atom. The molecule has 0 saturated carbocycles. The molecule has 3 aromatic heterocycles. The fraction of sp³-hybridized carbons (Fsp3) is 0.188. The topological polar surface area (TPSA) is 43.6 Å². The van der Waals surface area contributed by atoms with Crippen molar-refractivity contribution in [3.63, 3.8) is 0 Å². The van der Waals surface area contributed by atoms with Gasteiger partial charge in [-0.05, 0) is 25.1 Å². The van der Waals surface area contributed by atoms with Gasteiger partial charge in [0, 0.05) is 22.6 Å². The molecule has 0 spiro atoms. The Morgan fingerprint density at radius 1 is 1.17 bits per heavy atom. The largest absolute Gasteiger partial charge is 0.324 e. The number of rotatable bonds is 4. The normalized spacial score (nSPS) is 11.6. The van der Waals surface area contributed by atoms with E-state index in [9.17, 15) is 0 Å². The second-order valence-electron chi connectivity index (χ2n) is 5.02. The van der Waals surface area contributed by atoms with Gasteiger partial charge in [0.2, 0.25) is 5.16 Å². The van der Waals surface area contributed by atoms with Crippen molar-refractivity contribution in [2.24, 2.45) is 0 Å². The fourth-order valence-electron chi connectivity index (χ4n) is 2.64. The van der Waals surface area contributed by atoms with Crippen LogP contribution in [0.3, 0.4) is 0 Å². The molecule has 0 amide bonds. The van der Waals surface area contributed by atoms with E-state index >= 15 is 0 Å². The Balaban J connectivity index is 1.73. The van der Waals surface area contributed by atoms with Crippen molar-refractivity contribution < 1.29 is 0 Å². The highest BCUT2D eigenvalue weighted by Crippen LogP contribution is 2.30. The van der Waals surface area contributed by atoms with Crippen molar-refractivity contribution in [2.75, 3.05) is 0 Å². The molecule has 0 aliphatic heterocycles. The zero-order valence-electron chi connectivity index (χ0n) is 12.4. The van der Waals surface area contributed by atoms with Crippen LogP contribution >= 0.6 is 34.7 Å². The molecular formula is C16H13ClN4S2. The van der Waals surface area contributed by atoms with E-state index in [0.29, 0.717) is 5.16 Å². The van der Waals surface area contributed by atoms with E-state index in [1.165, 1.54) is 4.88 Å². The lowest BCUT2D eigenvalue weighted by Crippen LogP contribution is -1.98. The number of thiophene rings is 1. The summed E-state index contributed by atoms with van der Waals surface area (Å²) in [6, 6.07) is 12.2. The van der Waals surface area contributed by atoms with Crippen molar-refractivity contribution in [1.29, 1.82) is 0 Å². The second-order valence-corrected chi connectivity index (χ2v) is 7.76. The summed E-state index contributed by atoms with van der Waals surface area (Å²) < 4.78 is 2.99. The van der Waals surface area contributed by atoms with Crippen molar-refractivity contribution in [2.45, 2.75) is 24.4 Å². The van der Waals surface area contributed by atoms with Crippen molar-refractivity contribution in [3.8, 4) is 0 Å². The molecule has 0 aliphatic carbocycles. The monoisotopic (exact) mass is 360 g/mol. The molecular weight excluding hydrogens is 348 g/mol. The maximum Gasteiger partial charge on any atom is 0.211 e. The lowest BCUT2D eigenvalue weighted by molar-refractivity contribution is 0.789. The summed E-state index contributed by atoms with van der Waals surface area (Å²) in [4.78, 5) is 5.94. The summed E-state index contributed by atoms with van der Waals surface area (Å²) in [5, 5.41) is 10.5. The van der Waals surface area contributed by atoms with Crippen molar-refractivity contribution in [1.82, 2.24) is 19.7 Å². The maximum absolute atomic E-state index is 5.97. The number of hydrogen-bond acceptors (Lipinski definition) is 5. The molecule has 3 heterocycles. The van der Waals surface area contributed by atoms with E-state index in [0.717, 1.165) is 38.7 Å². The SMILES string of the molecule is CCn1c2ccccc2c2nnc(SCc3ccc(Cl)s3)nc21. The van der Waals surface area contributed by atoms with Gasteiger partial charge < -0.3 is 4.57 Å². The molecule has 7 heteroatoms. The average molecular weight is 361 g/mol. The Hall–Kier alpha value is -1.63. The first-order valence-electron chi connectivity index (χ1n) is 7.25. The number of halogens is 1. The van der Waals surface area contributed by atoms with Crippen LogP contribution in [0.1, 0.15) is 11.8 Å². The zero-order valence-corrected chi connectivity index (χ0v) is 14.8. The second kappa shape index (κ2) is 6.11. The highest BCUT2D eigenvalue weighted by atomic mass is 35.5. The van der Waals surface area contributed by atoms with E-state index in [1.54, 1.807) is 23.1 Å². The minimum atomic E-state index is 0.694. The van der Waals surface area contributed by atoms with Crippen LogP contribution in [0.25, 0.3) is 22.1 Å². The number of thioether (sulfide) groups is 1. The lowest BCUT2D eigenvalue weighted by Gasteiger charge is -2.02. The van der Waals surface area contributed by atoms with Crippen molar-refractivity contribution >= 4 is 56.8 Å². The molecule has 0 bridgehead atoms. The summed E-state index contributed by atoms with van der Waals surface area (Å²) in [5.41, 5.74) is 2.92. The highest BCUT2D eigenvalue weighted by molar-refractivity contribution is 7.98. The molecule has 0 unspecified atom stereocenters. The number of para-hydroxylation sites is 1. The molecule has 4 aromatic rings. The van der Waals surface area contributed by atoms with Gasteiger partial charge in [-0.1, -0.05) is 41.6 Å².